The molecule has 0 radical (unpaired) electrons. The first kappa shape index (κ1) is 18.3. The number of thioether (sulfide) groups is 1. The molecule has 25 heavy (non-hydrogen) atoms. The zero-order chi connectivity index (χ0) is 17.7. The van der Waals surface area contributed by atoms with Gasteiger partial charge in [0.25, 0.3) is 0 Å². The number of hydrogen-bond donors (Lipinski definition) is 0. The largest absolute Gasteiger partial charge is 0.338 e. The van der Waals surface area contributed by atoms with Crippen LogP contribution in [0.3, 0.4) is 0 Å². The molecule has 0 atom stereocenters. The molecule has 2 aromatic rings. The van der Waals surface area contributed by atoms with Gasteiger partial charge in [-0.1, -0.05) is 36.7 Å². The maximum absolute atomic E-state index is 12.7. The zero-order valence-corrected chi connectivity index (χ0v) is 15.9. The van der Waals surface area contributed by atoms with Gasteiger partial charge in [-0.3, -0.25) is 0 Å². The maximum Gasteiger partial charge on any atom is 0.244 e. The highest BCUT2D eigenvalue weighted by atomic mass is 32.2. The van der Waals surface area contributed by atoms with Crippen LogP contribution in [0.1, 0.15) is 44.3 Å². The number of aryl methyl sites for hydroxylation is 1. The Kier molecular flexibility index (Phi) is 6.08. The van der Waals surface area contributed by atoms with Crippen molar-refractivity contribution < 1.29 is 12.9 Å². The summed E-state index contributed by atoms with van der Waals surface area (Å²) < 4.78 is 32.1. The van der Waals surface area contributed by atoms with Gasteiger partial charge in [0, 0.05) is 25.7 Å². The summed E-state index contributed by atoms with van der Waals surface area (Å²) in [5.41, 5.74) is 0. The number of hydrogen-bond acceptors (Lipinski definition) is 7. The lowest BCUT2D eigenvalue weighted by Crippen LogP contribution is -2.32. The number of nitrogens with zero attached hydrogens (tertiary/aromatic N) is 4. The van der Waals surface area contributed by atoms with Crippen molar-refractivity contribution in [2.75, 3.05) is 13.1 Å². The molecule has 1 fully saturated rings. The minimum Gasteiger partial charge on any atom is -0.338 e. The molecule has 0 spiro atoms. The Labute approximate surface area is 152 Å². The molecule has 3 rings (SSSR count). The van der Waals surface area contributed by atoms with Gasteiger partial charge < -0.3 is 4.52 Å². The molecule has 0 bridgehead atoms. The van der Waals surface area contributed by atoms with Crippen molar-refractivity contribution in [1.82, 2.24) is 19.4 Å². The molecule has 0 aliphatic carbocycles. The van der Waals surface area contributed by atoms with Crippen LogP contribution in [-0.4, -0.2) is 40.9 Å². The lowest BCUT2D eigenvalue weighted by Gasteiger charge is -2.19. The van der Waals surface area contributed by atoms with Gasteiger partial charge in [-0.25, -0.2) is 13.4 Å². The first-order valence-corrected chi connectivity index (χ1v) is 10.9. The van der Waals surface area contributed by atoms with Crippen LogP contribution in [0.15, 0.2) is 32.8 Å². The van der Waals surface area contributed by atoms with Gasteiger partial charge in [-0.2, -0.15) is 9.29 Å². The van der Waals surface area contributed by atoms with E-state index >= 15 is 0 Å². The molecule has 1 saturated heterocycles. The van der Waals surface area contributed by atoms with Crippen LogP contribution in [0.5, 0.6) is 0 Å². The molecule has 0 amide bonds. The maximum atomic E-state index is 12.7. The van der Waals surface area contributed by atoms with Crippen LogP contribution in [0, 0.1) is 0 Å². The van der Waals surface area contributed by atoms with E-state index in [4.69, 9.17) is 4.52 Å². The van der Waals surface area contributed by atoms with Gasteiger partial charge >= 0.3 is 0 Å². The molecule has 1 aliphatic rings. The zero-order valence-electron chi connectivity index (χ0n) is 14.2. The minimum atomic E-state index is -3.45. The smallest absolute Gasteiger partial charge is 0.244 e. The van der Waals surface area contributed by atoms with Crippen molar-refractivity contribution in [2.24, 2.45) is 0 Å². The third kappa shape index (κ3) is 4.59. The van der Waals surface area contributed by atoms with E-state index in [1.54, 1.807) is 16.4 Å². The number of aromatic nitrogens is 3. The van der Waals surface area contributed by atoms with Gasteiger partial charge in [0.1, 0.15) is 4.90 Å². The molecule has 0 saturated carbocycles. The third-order valence-corrected chi connectivity index (χ3v) is 6.89. The summed E-state index contributed by atoms with van der Waals surface area (Å²) in [6.07, 6.45) is 6.20. The van der Waals surface area contributed by atoms with E-state index in [2.05, 4.69) is 15.1 Å². The normalized spacial score (nSPS) is 16.7. The molecule has 9 heteroatoms. The van der Waals surface area contributed by atoms with Crippen LogP contribution < -0.4 is 0 Å². The second kappa shape index (κ2) is 8.29. The van der Waals surface area contributed by atoms with Gasteiger partial charge in [-0.15, -0.1) is 0 Å². The van der Waals surface area contributed by atoms with Crippen molar-refractivity contribution >= 4 is 21.8 Å². The summed E-state index contributed by atoms with van der Waals surface area (Å²) in [5, 5.41) is 4.58. The van der Waals surface area contributed by atoms with Crippen molar-refractivity contribution in [3.63, 3.8) is 0 Å². The Morgan fingerprint density at radius 3 is 2.56 bits per heavy atom. The third-order valence-electron chi connectivity index (χ3n) is 4.08. The topological polar surface area (TPSA) is 89.2 Å². The van der Waals surface area contributed by atoms with Crippen molar-refractivity contribution in [2.45, 2.75) is 54.7 Å². The Balaban J connectivity index is 1.64. The number of sulfonamides is 1. The summed E-state index contributed by atoms with van der Waals surface area (Å²) in [5.74, 6) is 1.74. The summed E-state index contributed by atoms with van der Waals surface area (Å²) in [4.78, 5) is 8.77. The van der Waals surface area contributed by atoms with E-state index in [9.17, 15) is 8.42 Å². The summed E-state index contributed by atoms with van der Waals surface area (Å²) >= 11 is 1.44. The molecular weight excluding hydrogens is 360 g/mol. The van der Waals surface area contributed by atoms with Gasteiger partial charge in [0.05, 0.1) is 10.8 Å². The molecule has 0 N–H and O–H groups in total. The fraction of sp³-hybridized carbons (Fsp3) is 0.562. The Hall–Kier alpha value is -1.45. The van der Waals surface area contributed by atoms with E-state index in [1.807, 2.05) is 6.92 Å². The van der Waals surface area contributed by atoms with E-state index in [0.717, 1.165) is 37.1 Å². The Morgan fingerprint density at radius 1 is 1.20 bits per heavy atom. The van der Waals surface area contributed by atoms with Crippen molar-refractivity contribution in [3.05, 3.63) is 30.0 Å². The van der Waals surface area contributed by atoms with E-state index in [-0.39, 0.29) is 4.90 Å². The molecule has 136 valence electrons. The Morgan fingerprint density at radius 2 is 1.96 bits per heavy atom. The summed E-state index contributed by atoms with van der Waals surface area (Å²) in [6.45, 7) is 3.15. The van der Waals surface area contributed by atoms with Crippen LogP contribution in [0.4, 0.5) is 0 Å². The lowest BCUT2D eigenvalue weighted by atomic mass is 10.2. The summed E-state index contributed by atoms with van der Waals surface area (Å²) in [6, 6.07) is 3.35. The average molecular weight is 383 g/mol. The van der Waals surface area contributed by atoms with Crippen LogP contribution in [-0.2, 0) is 22.2 Å². The SMILES string of the molecule is CCc1noc(CSc2ccc(S(=O)(=O)N3CCCCCC3)cn2)n1. The van der Waals surface area contributed by atoms with E-state index in [0.29, 0.717) is 30.6 Å². The highest BCUT2D eigenvalue weighted by Crippen LogP contribution is 2.24. The van der Waals surface area contributed by atoms with Gasteiger partial charge in [0.2, 0.25) is 15.9 Å². The van der Waals surface area contributed by atoms with Gasteiger partial charge in [-0.05, 0) is 25.0 Å². The Bertz CT molecular complexity index is 782. The predicted molar refractivity (Wildman–Crippen MR) is 94.7 cm³/mol. The van der Waals surface area contributed by atoms with E-state index < -0.39 is 10.0 Å². The quantitative estimate of drug-likeness (QED) is 0.710. The molecule has 1 aliphatic heterocycles. The molecule has 7 nitrogen and oxygen atoms in total. The fourth-order valence-corrected chi connectivity index (χ4v) is 4.81. The lowest BCUT2D eigenvalue weighted by molar-refractivity contribution is 0.385. The first-order chi connectivity index (χ1) is 12.1. The number of rotatable bonds is 6. The predicted octanol–water partition coefficient (Wildman–Crippen LogP) is 2.88. The van der Waals surface area contributed by atoms with E-state index in [1.165, 1.54) is 18.0 Å². The first-order valence-electron chi connectivity index (χ1n) is 8.50. The molecule has 0 aromatic carbocycles. The second-order valence-electron chi connectivity index (χ2n) is 5.90. The van der Waals surface area contributed by atoms with Crippen LogP contribution in [0.25, 0.3) is 0 Å². The molecule has 2 aromatic heterocycles. The number of pyridine rings is 1. The van der Waals surface area contributed by atoms with Crippen molar-refractivity contribution in [1.29, 1.82) is 0 Å². The van der Waals surface area contributed by atoms with Crippen molar-refractivity contribution in [3.8, 4) is 0 Å². The monoisotopic (exact) mass is 382 g/mol. The van der Waals surface area contributed by atoms with Crippen LogP contribution >= 0.6 is 11.8 Å². The van der Waals surface area contributed by atoms with Gasteiger partial charge in [0.15, 0.2) is 5.82 Å². The minimum absolute atomic E-state index is 0.254. The summed E-state index contributed by atoms with van der Waals surface area (Å²) in [7, 11) is -3.45. The average Bonchev–Trinajstić information content (AvgIpc) is 2.91. The highest BCUT2D eigenvalue weighted by molar-refractivity contribution is 7.98. The standard InChI is InChI=1S/C16H22N4O3S2/c1-2-14-18-15(23-19-14)12-24-16-8-7-13(11-17-16)25(21,22)20-9-5-3-4-6-10-20/h7-8,11H,2-6,9-10,12H2,1H3. The van der Waals surface area contributed by atoms with Crippen LogP contribution in [0.2, 0.25) is 0 Å². The fourth-order valence-electron chi connectivity index (χ4n) is 2.66. The molecule has 0 unspecified atom stereocenters. The molecular formula is C16H22N4O3S2. The molecule has 3 heterocycles. The highest BCUT2D eigenvalue weighted by Gasteiger charge is 2.25. The second-order valence-corrected chi connectivity index (χ2v) is 8.83.